The number of nitrogens with zero attached hydrogens (tertiary/aromatic N) is 2. The first-order valence-electron chi connectivity index (χ1n) is 7.12. The highest BCUT2D eigenvalue weighted by molar-refractivity contribution is 7.89. The topological polar surface area (TPSA) is 63.4 Å². The van der Waals surface area contributed by atoms with E-state index in [4.69, 9.17) is 4.52 Å². The molecule has 5 nitrogen and oxygen atoms in total. The fourth-order valence-electron chi connectivity index (χ4n) is 3.06. The molecule has 1 unspecified atom stereocenters. The van der Waals surface area contributed by atoms with Gasteiger partial charge in [0.1, 0.15) is 16.5 Å². The molecule has 1 saturated heterocycles. The number of sulfonamides is 1. The van der Waals surface area contributed by atoms with Gasteiger partial charge >= 0.3 is 0 Å². The van der Waals surface area contributed by atoms with Crippen LogP contribution >= 0.6 is 0 Å². The highest BCUT2D eigenvalue weighted by atomic mass is 32.2. The SMILES string of the molecule is Cc1noc(C)c1C1CCCN1S(=O)(=O)c1ccccc1F. The van der Waals surface area contributed by atoms with Crippen molar-refractivity contribution in [3.8, 4) is 0 Å². The van der Waals surface area contributed by atoms with Gasteiger partial charge in [-0.05, 0) is 38.8 Å². The second-order valence-electron chi connectivity index (χ2n) is 5.44. The predicted molar refractivity (Wildman–Crippen MR) is 78.2 cm³/mol. The van der Waals surface area contributed by atoms with Crippen LogP contribution in [0.5, 0.6) is 0 Å². The van der Waals surface area contributed by atoms with Crippen LogP contribution in [0.1, 0.15) is 35.9 Å². The number of halogens is 1. The van der Waals surface area contributed by atoms with Crippen LogP contribution in [0.15, 0.2) is 33.7 Å². The Balaban J connectivity index is 2.06. The third-order valence-corrected chi connectivity index (χ3v) is 5.99. The Bertz CT molecular complexity index is 781. The summed E-state index contributed by atoms with van der Waals surface area (Å²) >= 11 is 0. The monoisotopic (exact) mass is 324 g/mol. The van der Waals surface area contributed by atoms with Gasteiger partial charge in [-0.1, -0.05) is 17.3 Å². The summed E-state index contributed by atoms with van der Waals surface area (Å²) in [5, 5.41) is 3.90. The van der Waals surface area contributed by atoms with Crippen molar-refractivity contribution in [1.29, 1.82) is 0 Å². The minimum absolute atomic E-state index is 0.284. The molecule has 7 heteroatoms. The van der Waals surface area contributed by atoms with E-state index in [1.165, 1.54) is 22.5 Å². The van der Waals surface area contributed by atoms with Crippen LogP contribution in [0.4, 0.5) is 4.39 Å². The summed E-state index contributed by atoms with van der Waals surface area (Å²) in [6.07, 6.45) is 1.40. The lowest BCUT2D eigenvalue weighted by molar-refractivity contribution is 0.375. The van der Waals surface area contributed by atoms with Crippen LogP contribution in [0.3, 0.4) is 0 Å². The molecule has 0 N–H and O–H groups in total. The molecule has 0 aliphatic carbocycles. The maximum absolute atomic E-state index is 13.9. The fourth-order valence-corrected chi connectivity index (χ4v) is 4.80. The summed E-state index contributed by atoms with van der Waals surface area (Å²) in [7, 11) is -3.89. The lowest BCUT2D eigenvalue weighted by Crippen LogP contribution is -2.31. The Morgan fingerprint density at radius 2 is 2.05 bits per heavy atom. The van der Waals surface area contributed by atoms with Gasteiger partial charge in [0.05, 0.1) is 11.7 Å². The van der Waals surface area contributed by atoms with E-state index in [2.05, 4.69) is 5.16 Å². The van der Waals surface area contributed by atoms with E-state index in [-0.39, 0.29) is 10.9 Å². The quantitative estimate of drug-likeness (QED) is 0.871. The zero-order valence-corrected chi connectivity index (χ0v) is 13.2. The molecular weight excluding hydrogens is 307 g/mol. The number of aryl methyl sites for hydroxylation is 2. The van der Waals surface area contributed by atoms with E-state index in [0.29, 0.717) is 24.4 Å². The van der Waals surface area contributed by atoms with Gasteiger partial charge in [0.15, 0.2) is 0 Å². The Morgan fingerprint density at radius 1 is 1.32 bits per heavy atom. The van der Waals surface area contributed by atoms with Gasteiger partial charge in [0.25, 0.3) is 0 Å². The van der Waals surface area contributed by atoms with E-state index in [9.17, 15) is 12.8 Å². The van der Waals surface area contributed by atoms with Gasteiger partial charge in [0, 0.05) is 12.1 Å². The van der Waals surface area contributed by atoms with Crippen LogP contribution in [0, 0.1) is 19.7 Å². The second kappa shape index (κ2) is 5.48. The third kappa shape index (κ3) is 2.34. The second-order valence-corrected chi connectivity index (χ2v) is 7.30. The molecule has 3 rings (SSSR count). The number of benzene rings is 1. The van der Waals surface area contributed by atoms with Crippen molar-refractivity contribution in [2.75, 3.05) is 6.54 Å². The lowest BCUT2D eigenvalue weighted by atomic mass is 10.0. The van der Waals surface area contributed by atoms with Crippen molar-refractivity contribution in [2.24, 2.45) is 0 Å². The average Bonchev–Trinajstić information content (AvgIpc) is 3.06. The van der Waals surface area contributed by atoms with Gasteiger partial charge in [0.2, 0.25) is 10.0 Å². The smallest absolute Gasteiger partial charge is 0.246 e. The van der Waals surface area contributed by atoms with Crippen molar-refractivity contribution < 1.29 is 17.3 Å². The van der Waals surface area contributed by atoms with Crippen molar-refractivity contribution in [3.05, 3.63) is 47.1 Å². The van der Waals surface area contributed by atoms with Gasteiger partial charge < -0.3 is 4.52 Å². The minimum atomic E-state index is -3.89. The molecule has 1 fully saturated rings. The van der Waals surface area contributed by atoms with Crippen LogP contribution in [-0.2, 0) is 10.0 Å². The molecule has 2 aromatic rings. The molecule has 1 atom stereocenters. The van der Waals surface area contributed by atoms with Crippen LogP contribution in [0.25, 0.3) is 0 Å². The normalized spacial score (nSPS) is 19.7. The third-order valence-electron chi connectivity index (χ3n) is 4.05. The molecule has 118 valence electrons. The summed E-state index contributed by atoms with van der Waals surface area (Å²) in [5.74, 6) is -0.120. The summed E-state index contributed by atoms with van der Waals surface area (Å²) in [5.41, 5.74) is 1.47. The summed E-state index contributed by atoms with van der Waals surface area (Å²) in [6, 6.07) is 5.11. The van der Waals surface area contributed by atoms with E-state index in [1.807, 2.05) is 0 Å². The molecule has 0 bridgehead atoms. The Kier molecular flexibility index (Phi) is 3.78. The Hall–Kier alpha value is -1.73. The van der Waals surface area contributed by atoms with E-state index in [0.717, 1.165) is 18.1 Å². The number of rotatable bonds is 3. The predicted octanol–water partition coefficient (Wildman–Crippen LogP) is 2.96. The summed E-state index contributed by atoms with van der Waals surface area (Å²) in [4.78, 5) is -0.284. The lowest BCUT2D eigenvalue weighted by Gasteiger charge is -2.24. The van der Waals surface area contributed by atoms with Gasteiger partial charge in [-0.15, -0.1) is 0 Å². The molecule has 0 saturated carbocycles. The molecule has 1 aliphatic heterocycles. The maximum atomic E-state index is 13.9. The maximum Gasteiger partial charge on any atom is 0.246 e. The summed E-state index contributed by atoms with van der Waals surface area (Å²) < 4.78 is 46.1. The molecule has 1 aromatic carbocycles. The number of hydrogen-bond acceptors (Lipinski definition) is 4. The minimum Gasteiger partial charge on any atom is -0.361 e. The molecule has 22 heavy (non-hydrogen) atoms. The van der Waals surface area contributed by atoms with Crippen molar-refractivity contribution >= 4 is 10.0 Å². The zero-order chi connectivity index (χ0) is 15.9. The van der Waals surface area contributed by atoms with Crippen molar-refractivity contribution in [1.82, 2.24) is 9.46 Å². The van der Waals surface area contributed by atoms with Crippen LogP contribution < -0.4 is 0 Å². The molecule has 0 spiro atoms. The first-order valence-corrected chi connectivity index (χ1v) is 8.56. The van der Waals surface area contributed by atoms with E-state index in [1.54, 1.807) is 13.8 Å². The molecule has 2 heterocycles. The average molecular weight is 324 g/mol. The largest absolute Gasteiger partial charge is 0.361 e. The molecular formula is C15H17FN2O3S. The Labute approximate surface area is 128 Å². The van der Waals surface area contributed by atoms with Crippen molar-refractivity contribution in [3.63, 3.8) is 0 Å². The summed E-state index contributed by atoms with van der Waals surface area (Å²) in [6.45, 7) is 3.92. The number of hydrogen-bond donors (Lipinski definition) is 0. The first-order chi connectivity index (χ1) is 10.4. The van der Waals surface area contributed by atoms with Crippen LogP contribution in [0.2, 0.25) is 0 Å². The molecule has 1 aromatic heterocycles. The van der Waals surface area contributed by atoms with Gasteiger partial charge in [-0.25, -0.2) is 12.8 Å². The van der Waals surface area contributed by atoms with Gasteiger partial charge in [-0.3, -0.25) is 0 Å². The fraction of sp³-hybridized carbons (Fsp3) is 0.400. The standard InChI is InChI=1S/C15H17FN2O3S/c1-10-15(11(2)21-17-10)13-7-5-9-18(13)22(19,20)14-8-4-3-6-12(14)16/h3-4,6,8,13H,5,7,9H2,1-2H3. The highest BCUT2D eigenvalue weighted by Gasteiger charge is 2.39. The number of aromatic nitrogens is 1. The molecule has 0 amide bonds. The zero-order valence-electron chi connectivity index (χ0n) is 12.4. The van der Waals surface area contributed by atoms with Crippen molar-refractivity contribution in [2.45, 2.75) is 37.6 Å². The van der Waals surface area contributed by atoms with Gasteiger partial charge in [-0.2, -0.15) is 4.31 Å². The highest BCUT2D eigenvalue weighted by Crippen LogP contribution is 2.39. The molecule has 0 radical (unpaired) electrons. The van der Waals surface area contributed by atoms with E-state index >= 15 is 0 Å². The van der Waals surface area contributed by atoms with Crippen LogP contribution in [-0.4, -0.2) is 24.4 Å². The molecule has 1 aliphatic rings. The first kappa shape index (κ1) is 15.2. The van der Waals surface area contributed by atoms with E-state index < -0.39 is 15.8 Å². The Morgan fingerprint density at radius 3 is 2.68 bits per heavy atom.